The molecule has 0 aliphatic heterocycles. The van der Waals surface area contributed by atoms with Gasteiger partial charge in [-0.3, -0.25) is 0 Å². The second-order valence-electron chi connectivity index (χ2n) is 4.00. The molecule has 1 aromatic carbocycles. The quantitative estimate of drug-likeness (QED) is 0.857. The van der Waals surface area contributed by atoms with E-state index in [2.05, 4.69) is 21.9 Å². The standard InChI is InChI=1S/C13H15ClN4S/c1-2-5-11-16-12(18-13(15)17-11)8-19-10-7-4-3-6-9(10)14/h3-4,6-7H,2,5,8H2,1H3,(H2,15,16,17,18). The van der Waals surface area contributed by atoms with Crippen LogP contribution in [0.2, 0.25) is 5.02 Å². The fourth-order valence-electron chi connectivity index (χ4n) is 1.59. The van der Waals surface area contributed by atoms with Gasteiger partial charge in [-0.25, -0.2) is 4.98 Å². The predicted octanol–water partition coefficient (Wildman–Crippen LogP) is 3.35. The van der Waals surface area contributed by atoms with Crippen LogP contribution in [0.1, 0.15) is 25.0 Å². The predicted molar refractivity (Wildman–Crippen MR) is 79.2 cm³/mol. The normalized spacial score (nSPS) is 10.6. The Labute approximate surface area is 121 Å². The van der Waals surface area contributed by atoms with Gasteiger partial charge in [-0.15, -0.1) is 11.8 Å². The molecule has 0 bridgehead atoms. The maximum Gasteiger partial charge on any atom is 0.223 e. The lowest BCUT2D eigenvalue weighted by Crippen LogP contribution is -2.06. The van der Waals surface area contributed by atoms with E-state index in [1.54, 1.807) is 11.8 Å². The van der Waals surface area contributed by atoms with E-state index in [9.17, 15) is 0 Å². The zero-order chi connectivity index (χ0) is 13.7. The molecule has 19 heavy (non-hydrogen) atoms. The number of nitrogens with zero attached hydrogens (tertiary/aromatic N) is 3. The van der Waals surface area contributed by atoms with Crippen molar-refractivity contribution in [1.82, 2.24) is 15.0 Å². The first-order valence-corrected chi connectivity index (χ1v) is 7.42. The SMILES string of the molecule is CCCc1nc(N)nc(CSc2ccccc2Cl)n1. The number of benzene rings is 1. The molecule has 0 aliphatic rings. The summed E-state index contributed by atoms with van der Waals surface area (Å²) in [5.41, 5.74) is 5.69. The molecule has 0 saturated heterocycles. The van der Waals surface area contributed by atoms with Crippen molar-refractivity contribution < 1.29 is 0 Å². The van der Waals surface area contributed by atoms with Gasteiger partial charge in [0.15, 0.2) is 0 Å². The van der Waals surface area contributed by atoms with Crippen LogP contribution in [-0.4, -0.2) is 15.0 Å². The summed E-state index contributed by atoms with van der Waals surface area (Å²) in [5, 5.41) is 0.739. The van der Waals surface area contributed by atoms with E-state index in [4.69, 9.17) is 17.3 Å². The van der Waals surface area contributed by atoms with Crippen molar-refractivity contribution in [2.75, 3.05) is 5.73 Å². The van der Waals surface area contributed by atoms with Gasteiger partial charge in [0.25, 0.3) is 0 Å². The van der Waals surface area contributed by atoms with E-state index in [-0.39, 0.29) is 5.95 Å². The molecular formula is C13H15ClN4S. The fraction of sp³-hybridized carbons (Fsp3) is 0.308. The zero-order valence-electron chi connectivity index (χ0n) is 10.6. The van der Waals surface area contributed by atoms with Gasteiger partial charge < -0.3 is 5.73 Å². The summed E-state index contributed by atoms with van der Waals surface area (Å²) in [4.78, 5) is 13.7. The number of aryl methyl sites for hydroxylation is 1. The minimum absolute atomic E-state index is 0.285. The summed E-state index contributed by atoms with van der Waals surface area (Å²) in [6.45, 7) is 2.08. The van der Waals surface area contributed by atoms with Crippen molar-refractivity contribution in [2.24, 2.45) is 0 Å². The Bertz CT molecular complexity index is 562. The van der Waals surface area contributed by atoms with Crippen LogP contribution in [0.25, 0.3) is 0 Å². The second kappa shape index (κ2) is 6.73. The Hall–Kier alpha value is -1.33. The van der Waals surface area contributed by atoms with Gasteiger partial charge in [0.05, 0.1) is 10.8 Å². The van der Waals surface area contributed by atoms with Crippen molar-refractivity contribution in [3.8, 4) is 0 Å². The van der Waals surface area contributed by atoms with E-state index in [0.717, 1.165) is 28.6 Å². The van der Waals surface area contributed by atoms with E-state index in [0.29, 0.717) is 11.6 Å². The summed E-state index contributed by atoms with van der Waals surface area (Å²) in [6.07, 6.45) is 1.80. The van der Waals surface area contributed by atoms with Crippen LogP contribution < -0.4 is 5.73 Å². The fourth-order valence-corrected chi connectivity index (χ4v) is 2.69. The molecule has 4 nitrogen and oxygen atoms in total. The number of anilines is 1. The lowest BCUT2D eigenvalue weighted by atomic mass is 10.3. The Balaban J connectivity index is 2.09. The molecule has 0 aliphatic carbocycles. The van der Waals surface area contributed by atoms with Crippen LogP contribution in [0.4, 0.5) is 5.95 Å². The third kappa shape index (κ3) is 4.08. The number of hydrogen-bond acceptors (Lipinski definition) is 5. The number of nitrogen functional groups attached to an aromatic ring is 1. The van der Waals surface area contributed by atoms with Crippen LogP contribution in [-0.2, 0) is 12.2 Å². The molecule has 2 aromatic rings. The molecule has 0 spiro atoms. The third-order valence-electron chi connectivity index (χ3n) is 2.41. The van der Waals surface area contributed by atoms with Crippen LogP contribution in [0.5, 0.6) is 0 Å². The van der Waals surface area contributed by atoms with Gasteiger partial charge in [0.2, 0.25) is 5.95 Å². The topological polar surface area (TPSA) is 64.7 Å². The lowest BCUT2D eigenvalue weighted by molar-refractivity contribution is 0.802. The van der Waals surface area contributed by atoms with E-state index in [1.165, 1.54) is 0 Å². The van der Waals surface area contributed by atoms with Crippen LogP contribution in [0.3, 0.4) is 0 Å². The number of thioether (sulfide) groups is 1. The maximum atomic E-state index is 6.10. The maximum absolute atomic E-state index is 6.10. The van der Waals surface area contributed by atoms with E-state index < -0.39 is 0 Å². The van der Waals surface area contributed by atoms with Gasteiger partial charge in [0, 0.05) is 11.3 Å². The van der Waals surface area contributed by atoms with Gasteiger partial charge in [0.1, 0.15) is 11.6 Å². The molecule has 0 unspecified atom stereocenters. The summed E-state index contributed by atoms with van der Waals surface area (Å²) in [6, 6.07) is 7.71. The number of hydrogen-bond donors (Lipinski definition) is 1. The molecule has 100 valence electrons. The molecule has 1 heterocycles. The third-order valence-corrected chi connectivity index (χ3v) is 3.92. The summed E-state index contributed by atoms with van der Waals surface area (Å²) < 4.78 is 0. The highest BCUT2D eigenvalue weighted by molar-refractivity contribution is 7.98. The number of aromatic nitrogens is 3. The molecule has 1 aromatic heterocycles. The Morgan fingerprint density at radius 2 is 1.89 bits per heavy atom. The molecule has 0 radical (unpaired) electrons. The zero-order valence-corrected chi connectivity index (χ0v) is 12.2. The molecule has 0 amide bonds. The van der Waals surface area contributed by atoms with Crippen molar-refractivity contribution in [2.45, 2.75) is 30.4 Å². The lowest BCUT2D eigenvalue weighted by Gasteiger charge is -2.05. The summed E-state index contributed by atoms with van der Waals surface area (Å²) in [5.74, 6) is 2.37. The smallest absolute Gasteiger partial charge is 0.223 e. The van der Waals surface area contributed by atoms with Crippen LogP contribution in [0, 0.1) is 0 Å². The van der Waals surface area contributed by atoms with Gasteiger partial charge in [-0.1, -0.05) is 30.7 Å². The van der Waals surface area contributed by atoms with E-state index in [1.807, 2.05) is 24.3 Å². The Morgan fingerprint density at radius 1 is 1.16 bits per heavy atom. The Kier molecular flexibility index (Phi) is 4.99. The minimum Gasteiger partial charge on any atom is -0.368 e. The number of nitrogens with two attached hydrogens (primary N) is 1. The van der Waals surface area contributed by atoms with Crippen molar-refractivity contribution in [3.63, 3.8) is 0 Å². The highest BCUT2D eigenvalue weighted by atomic mass is 35.5. The summed E-state index contributed by atoms with van der Waals surface area (Å²) >= 11 is 7.70. The van der Waals surface area contributed by atoms with Gasteiger partial charge in [-0.05, 0) is 18.6 Å². The van der Waals surface area contributed by atoms with Gasteiger partial charge in [-0.2, -0.15) is 9.97 Å². The van der Waals surface area contributed by atoms with Crippen molar-refractivity contribution in [3.05, 3.63) is 40.9 Å². The molecule has 0 saturated carbocycles. The number of halogens is 1. The molecule has 2 N–H and O–H groups in total. The molecular weight excluding hydrogens is 280 g/mol. The van der Waals surface area contributed by atoms with E-state index >= 15 is 0 Å². The van der Waals surface area contributed by atoms with Crippen LogP contribution in [0.15, 0.2) is 29.2 Å². The van der Waals surface area contributed by atoms with Crippen molar-refractivity contribution in [1.29, 1.82) is 0 Å². The first kappa shape index (κ1) is 14.1. The molecule has 0 atom stereocenters. The molecule has 2 rings (SSSR count). The second-order valence-corrected chi connectivity index (χ2v) is 5.42. The largest absolute Gasteiger partial charge is 0.368 e. The van der Waals surface area contributed by atoms with Gasteiger partial charge >= 0.3 is 0 Å². The highest BCUT2D eigenvalue weighted by Gasteiger charge is 2.06. The first-order valence-electron chi connectivity index (χ1n) is 6.05. The van der Waals surface area contributed by atoms with Crippen molar-refractivity contribution >= 4 is 29.3 Å². The number of rotatable bonds is 5. The monoisotopic (exact) mass is 294 g/mol. The Morgan fingerprint density at radius 3 is 2.63 bits per heavy atom. The average Bonchev–Trinajstić information content (AvgIpc) is 2.37. The molecule has 6 heteroatoms. The minimum atomic E-state index is 0.285. The average molecular weight is 295 g/mol. The summed E-state index contributed by atoms with van der Waals surface area (Å²) in [7, 11) is 0. The molecule has 0 fully saturated rings. The van der Waals surface area contributed by atoms with Crippen LogP contribution >= 0.6 is 23.4 Å². The highest BCUT2D eigenvalue weighted by Crippen LogP contribution is 2.28. The first-order chi connectivity index (χ1) is 9.19.